The molecule has 0 saturated carbocycles. The third kappa shape index (κ3) is 1.92. The highest BCUT2D eigenvalue weighted by Gasteiger charge is 2.12. The lowest BCUT2D eigenvalue weighted by Crippen LogP contribution is -2.20. The number of hydrogen-bond acceptors (Lipinski definition) is 4. The Morgan fingerprint density at radius 3 is 2.84 bits per heavy atom. The predicted octanol–water partition coefficient (Wildman–Crippen LogP) is 2.76. The number of benzene rings is 1. The summed E-state index contributed by atoms with van der Waals surface area (Å²) in [5.74, 6) is 0. The lowest BCUT2D eigenvalue weighted by atomic mass is 10.1. The number of para-hydroxylation sites is 1. The Hall–Kier alpha value is -2.14. The van der Waals surface area contributed by atoms with Crippen molar-refractivity contribution in [2.45, 2.75) is 0 Å². The molecule has 0 unspecified atom stereocenters. The number of pyridine rings is 1. The predicted molar refractivity (Wildman–Crippen MR) is 79.4 cm³/mol. The maximum absolute atomic E-state index is 12.0. The lowest BCUT2D eigenvalue weighted by molar-refractivity contribution is 0.904. The summed E-state index contributed by atoms with van der Waals surface area (Å²) in [5.41, 5.74) is 1.79. The van der Waals surface area contributed by atoms with E-state index in [1.54, 1.807) is 35.2 Å². The largest absolute Gasteiger partial charge is 0.320 e. The molecule has 0 N–H and O–H groups in total. The molecule has 0 aliphatic rings. The van der Waals surface area contributed by atoms with E-state index < -0.39 is 0 Å². The Kier molecular flexibility index (Phi) is 2.83. The van der Waals surface area contributed by atoms with Gasteiger partial charge in [0.05, 0.1) is 11.2 Å². The topological polar surface area (TPSA) is 38.1 Å². The molecule has 2 aromatic heterocycles. The second kappa shape index (κ2) is 4.51. The Morgan fingerprint density at radius 2 is 2.11 bits per heavy atom. The average molecular weight is 271 g/mol. The Balaban J connectivity index is 2.30. The second-order valence-electron chi connectivity index (χ2n) is 4.32. The van der Waals surface area contributed by atoms with Gasteiger partial charge in [-0.2, -0.15) is 0 Å². The highest BCUT2D eigenvalue weighted by Crippen LogP contribution is 2.30. The van der Waals surface area contributed by atoms with Crippen LogP contribution in [0.4, 0.5) is 10.8 Å². The van der Waals surface area contributed by atoms with Crippen molar-refractivity contribution in [1.29, 1.82) is 0 Å². The summed E-state index contributed by atoms with van der Waals surface area (Å²) in [4.78, 5) is 18.3. The summed E-state index contributed by atoms with van der Waals surface area (Å²) in [6, 6.07) is 9.55. The first kappa shape index (κ1) is 11.9. The number of anilines is 2. The molecule has 0 spiro atoms. The van der Waals surface area contributed by atoms with Gasteiger partial charge in [-0.05, 0) is 6.07 Å². The van der Waals surface area contributed by atoms with E-state index in [4.69, 9.17) is 0 Å². The molecule has 19 heavy (non-hydrogen) atoms. The monoisotopic (exact) mass is 271 g/mol. The van der Waals surface area contributed by atoms with E-state index in [9.17, 15) is 4.79 Å². The van der Waals surface area contributed by atoms with Gasteiger partial charge < -0.3 is 9.47 Å². The fourth-order valence-electron chi connectivity index (χ4n) is 2.16. The summed E-state index contributed by atoms with van der Waals surface area (Å²) in [6.45, 7) is 0. The first-order valence-electron chi connectivity index (χ1n) is 5.90. The minimum Gasteiger partial charge on any atom is -0.320 e. The van der Waals surface area contributed by atoms with Crippen molar-refractivity contribution < 1.29 is 0 Å². The zero-order valence-electron chi connectivity index (χ0n) is 10.7. The van der Waals surface area contributed by atoms with Crippen LogP contribution in [0.25, 0.3) is 10.9 Å². The molecule has 4 nitrogen and oxygen atoms in total. The molecule has 0 bridgehead atoms. The van der Waals surface area contributed by atoms with Gasteiger partial charge in [0.15, 0.2) is 5.13 Å². The van der Waals surface area contributed by atoms with Gasteiger partial charge >= 0.3 is 0 Å². The van der Waals surface area contributed by atoms with Crippen LogP contribution in [0, 0.1) is 0 Å². The maximum Gasteiger partial charge on any atom is 0.252 e. The molecule has 3 rings (SSSR count). The molecule has 2 heterocycles. The van der Waals surface area contributed by atoms with Gasteiger partial charge in [0, 0.05) is 37.1 Å². The molecule has 0 amide bonds. The Morgan fingerprint density at radius 1 is 1.32 bits per heavy atom. The first-order chi connectivity index (χ1) is 9.18. The smallest absolute Gasteiger partial charge is 0.252 e. The number of rotatable bonds is 2. The van der Waals surface area contributed by atoms with Crippen molar-refractivity contribution in [3.63, 3.8) is 0 Å². The fraction of sp³-hybridized carbons (Fsp3) is 0.143. The van der Waals surface area contributed by atoms with Crippen LogP contribution in [-0.2, 0) is 7.05 Å². The Labute approximate surface area is 114 Å². The number of hydrogen-bond donors (Lipinski definition) is 0. The van der Waals surface area contributed by atoms with Crippen LogP contribution in [0.5, 0.6) is 0 Å². The molecule has 0 radical (unpaired) electrons. The second-order valence-corrected chi connectivity index (χ2v) is 5.19. The fourth-order valence-corrected chi connectivity index (χ4v) is 2.78. The lowest BCUT2D eigenvalue weighted by Gasteiger charge is -2.19. The molecular weight excluding hydrogens is 258 g/mol. The molecule has 0 saturated heterocycles. The van der Waals surface area contributed by atoms with Gasteiger partial charge in [0.1, 0.15) is 0 Å². The molecule has 0 fully saturated rings. The van der Waals surface area contributed by atoms with Gasteiger partial charge in [0.2, 0.25) is 0 Å². The summed E-state index contributed by atoms with van der Waals surface area (Å²) >= 11 is 1.55. The molecule has 0 atom stereocenters. The van der Waals surface area contributed by atoms with Crippen LogP contribution in [0.1, 0.15) is 0 Å². The quantitative estimate of drug-likeness (QED) is 0.719. The number of nitrogens with zero attached hydrogens (tertiary/aromatic N) is 3. The van der Waals surface area contributed by atoms with Crippen molar-refractivity contribution in [3.05, 3.63) is 52.3 Å². The van der Waals surface area contributed by atoms with Gasteiger partial charge in [0.25, 0.3) is 5.56 Å². The van der Waals surface area contributed by atoms with Gasteiger partial charge in [-0.15, -0.1) is 11.3 Å². The third-order valence-electron chi connectivity index (χ3n) is 3.20. The number of aryl methyl sites for hydroxylation is 1. The summed E-state index contributed by atoms with van der Waals surface area (Å²) < 4.78 is 1.66. The van der Waals surface area contributed by atoms with E-state index in [1.165, 1.54) is 0 Å². The van der Waals surface area contributed by atoms with Crippen LogP contribution in [0.15, 0.2) is 46.7 Å². The molecule has 0 aliphatic carbocycles. The van der Waals surface area contributed by atoms with Crippen LogP contribution < -0.4 is 10.5 Å². The van der Waals surface area contributed by atoms with Crippen molar-refractivity contribution >= 4 is 33.1 Å². The number of fused-ring (bicyclic) bond motifs is 1. The zero-order chi connectivity index (χ0) is 13.4. The minimum atomic E-state index is -0.0166. The first-order valence-corrected chi connectivity index (χ1v) is 6.78. The summed E-state index contributed by atoms with van der Waals surface area (Å²) in [6.07, 6.45) is 1.76. The highest BCUT2D eigenvalue weighted by atomic mass is 32.1. The van der Waals surface area contributed by atoms with Gasteiger partial charge in [-0.25, -0.2) is 4.98 Å². The van der Waals surface area contributed by atoms with Crippen LogP contribution >= 0.6 is 11.3 Å². The van der Waals surface area contributed by atoms with E-state index in [2.05, 4.69) is 4.98 Å². The van der Waals surface area contributed by atoms with E-state index in [1.807, 2.05) is 41.6 Å². The highest BCUT2D eigenvalue weighted by molar-refractivity contribution is 7.13. The minimum absolute atomic E-state index is 0.0166. The molecule has 0 aliphatic heterocycles. The molecule has 5 heteroatoms. The summed E-state index contributed by atoms with van der Waals surface area (Å²) in [7, 11) is 3.72. The van der Waals surface area contributed by atoms with Crippen LogP contribution in [0.3, 0.4) is 0 Å². The summed E-state index contributed by atoms with van der Waals surface area (Å²) in [5, 5.41) is 3.84. The Bertz CT molecular complexity index is 777. The van der Waals surface area contributed by atoms with Crippen LogP contribution in [0.2, 0.25) is 0 Å². The van der Waals surface area contributed by atoms with Crippen molar-refractivity contribution in [3.8, 4) is 0 Å². The zero-order valence-corrected chi connectivity index (χ0v) is 11.5. The van der Waals surface area contributed by atoms with Crippen LogP contribution in [-0.4, -0.2) is 16.6 Å². The van der Waals surface area contributed by atoms with E-state index >= 15 is 0 Å². The normalized spacial score (nSPS) is 10.8. The van der Waals surface area contributed by atoms with Crippen molar-refractivity contribution in [1.82, 2.24) is 9.55 Å². The molecule has 3 aromatic rings. The van der Waals surface area contributed by atoms with Crippen molar-refractivity contribution in [2.75, 3.05) is 11.9 Å². The number of thiazole rings is 1. The van der Waals surface area contributed by atoms with E-state index in [0.717, 1.165) is 21.7 Å². The van der Waals surface area contributed by atoms with Crippen molar-refractivity contribution in [2.24, 2.45) is 7.05 Å². The number of aromatic nitrogens is 2. The average Bonchev–Trinajstić information content (AvgIpc) is 2.96. The SMILES string of the molecule is CN(c1nccs1)c1cc(=O)n(C)c2ccccc12. The van der Waals surface area contributed by atoms with Gasteiger partial charge in [-0.3, -0.25) is 4.79 Å². The maximum atomic E-state index is 12.0. The van der Waals surface area contributed by atoms with E-state index in [-0.39, 0.29) is 5.56 Å². The molecular formula is C14H13N3OS. The third-order valence-corrected chi connectivity index (χ3v) is 4.05. The van der Waals surface area contributed by atoms with E-state index in [0.29, 0.717) is 0 Å². The van der Waals surface area contributed by atoms with Gasteiger partial charge in [-0.1, -0.05) is 18.2 Å². The standard InChI is InChI=1S/C14H13N3OS/c1-16-11-6-4-3-5-10(11)12(9-13(16)18)17(2)14-15-7-8-19-14/h3-9H,1-2H3. The molecule has 96 valence electrons. The molecule has 1 aromatic carbocycles.